The number of hydrogen-bond donors (Lipinski definition) is 0. The van der Waals surface area contributed by atoms with E-state index in [-0.39, 0.29) is 17.0 Å². The molecule has 0 aliphatic heterocycles. The molecule has 1 aliphatic rings. The Kier molecular flexibility index (Phi) is 6.76. The number of nitrogens with zero attached hydrogens (tertiary/aromatic N) is 3. The van der Waals surface area contributed by atoms with E-state index >= 15 is 0 Å². The van der Waals surface area contributed by atoms with Gasteiger partial charge in [0.1, 0.15) is 0 Å². The topological polar surface area (TPSA) is 55.2 Å². The van der Waals surface area contributed by atoms with Crippen LogP contribution in [0.2, 0.25) is 0 Å². The summed E-state index contributed by atoms with van der Waals surface area (Å²) in [6.45, 7) is 5.72. The summed E-state index contributed by atoms with van der Waals surface area (Å²) in [6, 6.07) is 4.50. The van der Waals surface area contributed by atoms with E-state index in [4.69, 9.17) is 0 Å². The van der Waals surface area contributed by atoms with Crippen LogP contribution in [-0.4, -0.2) is 35.7 Å². The Morgan fingerprint density at radius 2 is 2.19 bits per heavy atom. The van der Waals surface area contributed by atoms with Gasteiger partial charge in [-0.15, -0.1) is 11.3 Å². The van der Waals surface area contributed by atoms with Crippen molar-refractivity contribution in [3.63, 3.8) is 0 Å². The fourth-order valence-electron chi connectivity index (χ4n) is 3.50. The van der Waals surface area contributed by atoms with E-state index in [1.54, 1.807) is 17.5 Å². The van der Waals surface area contributed by atoms with E-state index in [1.807, 2.05) is 4.57 Å². The molecule has 0 aromatic carbocycles. The summed E-state index contributed by atoms with van der Waals surface area (Å²) in [6.07, 6.45) is 6.97. The van der Waals surface area contributed by atoms with Crippen LogP contribution in [0.1, 0.15) is 62.6 Å². The maximum absolute atomic E-state index is 12.9. The Labute approximate surface area is 167 Å². The van der Waals surface area contributed by atoms with Gasteiger partial charge in [0.15, 0.2) is 0 Å². The van der Waals surface area contributed by atoms with Gasteiger partial charge in [0, 0.05) is 24.0 Å². The van der Waals surface area contributed by atoms with Crippen molar-refractivity contribution in [2.24, 2.45) is 5.92 Å². The normalized spacial score (nSPS) is 16.6. The third kappa shape index (κ3) is 4.81. The summed E-state index contributed by atoms with van der Waals surface area (Å²) in [4.78, 5) is 7.95. The summed E-state index contributed by atoms with van der Waals surface area (Å²) >= 11 is 1.75. The molecule has 1 saturated carbocycles. The molecule has 2 aromatic rings. The average Bonchev–Trinajstić information content (AvgIpc) is 3.26. The first-order valence-corrected chi connectivity index (χ1v) is 12.5. The van der Waals surface area contributed by atoms with Crippen LogP contribution in [0, 0.1) is 5.92 Å². The molecule has 0 spiro atoms. The number of hydrogen-bond acceptors (Lipinski definition) is 5. The lowest BCUT2D eigenvalue weighted by Crippen LogP contribution is -2.26. The molecule has 0 radical (unpaired) electrons. The first kappa shape index (κ1) is 20.6. The molecule has 7 heteroatoms. The molecule has 2 aromatic heterocycles. The molecular weight excluding hydrogens is 378 g/mol. The van der Waals surface area contributed by atoms with Gasteiger partial charge < -0.3 is 4.57 Å². The van der Waals surface area contributed by atoms with Crippen LogP contribution in [0.25, 0.3) is 0 Å². The number of aromatic nitrogens is 2. The summed E-state index contributed by atoms with van der Waals surface area (Å²) < 4.78 is 27.8. The van der Waals surface area contributed by atoms with E-state index in [0.29, 0.717) is 19.0 Å². The van der Waals surface area contributed by atoms with Crippen LogP contribution in [0.5, 0.6) is 0 Å². The molecule has 0 N–H and O–H groups in total. The molecule has 3 rings (SSSR count). The second-order valence-corrected chi connectivity index (χ2v) is 10.6. The predicted octanol–water partition coefficient (Wildman–Crippen LogP) is 4.51. The molecule has 1 fully saturated rings. The van der Waals surface area contributed by atoms with Crippen LogP contribution < -0.4 is 0 Å². The van der Waals surface area contributed by atoms with Crippen LogP contribution in [0.4, 0.5) is 0 Å². The number of unbranched alkanes of at least 4 members (excludes halogenated alkanes) is 1. The molecule has 1 aliphatic carbocycles. The summed E-state index contributed by atoms with van der Waals surface area (Å²) in [5.74, 6) is 0.563. The van der Waals surface area contributed by atoms with E-state index in [1.165, 1.54) is 4.88 Å². The molecule has 150 valence electrons. The largest absolute Gasteiger partial charge is 0.318 e. The average molecular weight is 410 g/mol. The Morgan fingerprint density at radius 3 is 2.78 bits per heavy atom. The van der Waals surface area contributed by atoms with Crippen LogP contribution in [0.15, 0.2) is 28.9 Å². The minimum Gasteiger partial charge on any atom is -0.318 e. The van der Waals surface area contributed by atoms with Crippen molar-refractivity contribution in [3.05, 3.63) is 34.3 Å². The quantitative estimate of drug-likeness (QED) is 0.579. The summed E-state index contributed by atoms with van der Waals surface area (Å²) in [7, 11) is -1.24. The number of thiophene rings is 1. The molecule has 0 bridgehead atoms. The Morgan fingerprint density at radius 1 is 1.41 bits per heavy atom. The first-order valence-electron chi connectivity index (χ1n) is 9.93. The second-order valence-electron chi connectivity index (χ2n) is 7.72. The maximum atomic E-state index is 12.9. The van der Waals surface area contributed by atoms with Crippen molar-refractivity contribution < 1.29 is 8.42 Å². The SMILES string of the molecule is CCCCn1c(CN(C)C(C)c2cccs2)cnc1S(=O)(=O)CC1CCC1. The third-order valence-electron chi connectivity index (χ3n) is 5.62. The number of rotatable bonds is 10. The second kappa shape index (κ2) is 8.88. The highest BCUT2D eigenvalue weighted by atomic mass is 32.2. The van der Waals surface area contributed by atoms with Gasteiger partial charge in [-0.25, -0.2) is 13.4 Å². The first-order chi connectivity index (χ1) is 12.9. The van der Waals surface area contributed by atoms with Crippen molar-refractivity contribution in [2.75, 3.05) is 12.8 Å². The fraction of sp³-hybridized carbons (Fsp3) is 0.650. The predicted molar refractivity (Wildman–Crippen MR) is 111 cm³/mol. The van der Waals surface area contributed by atoms with Gasteiger partial charge in [0.05, 0.1) is 17.6 Å². The van der Waals surface area contributed by atoms with E-state index in [9.17, 15) is 8.42 Å². The Hall–Kier alpha value is -1.18. The van der Waals surface area contributed by atoms with Gasteiger partial charge in [0.2, 0.25) is 15.0 Å². The van der Waals surface area contributed by atoms with E-state index < -0.39 is 9.84 Å². The van der Waals surface area contributed by atoms with Crippen molar-refractivity contribution >= 4 is 21.2 Å². The van der Waals surface area contributed by atoms with Crippen LogP contribution in [-0.2, 0) is 22.9 Å². The summed E-state index contributed by atoms with van der Waals surface area (Å²) in [5.41, 5.74) is 0.988. The van der Waals surface area contributed by atoms with Crippen LogP contribution in [0.3, 0.4) is 0 Å². The van der Waals surface area contributed by atoms with E-state index in [2.05, 4.69) is 48.3 Å². The Bertz CT molecular complexity index is 824. The zero-order chi connectivity index (χ0) is 19.4. The minimum atomic E-state index is -3.32. The maximum Gasteiger partial charge on any atom is 0.227 e. The molecule has 1 unspecified atom stereocenters. The molecule has 1 atom stereocenters. The van der Waals surface area contributed by atoms with Gasteiger partial charge >= 0.3 is 0 Å². The van der Waals surface area contributed by atoms with Crippen molar-refractivity contribution in [1.29, 1.82) is 0 Å². The molecule has 0 saturated heterocycles. The highest BCUT2D eigenvalue weighted by molar-refractivity contribution is 7.91. The lowest BCUT2D eigenvalue weighted by Gasteiger charge is -2.26. The minimum absolute atomic E-state index is 0.247. The standard InChI is InChI=1S/C20H31N3O2S2/c1-4-5-11-23-18(14-22(3)16(2)19-10-7-12-26-19)13-21-20(23)27(24,25)15-17-8-6-9-17/h7,10,12-13,16-17H,4-6,8-9,11,14-15H2,1-3H3. The third-order valence-corrected chi connectivity index (χ3v) is 8.46. The van der Waals surface area contributed by atoms with Crippen molar-refractivity contribution in [3.8, 4) is 0 Å². The van der Waals surface area contributed by atoms with Gasteiger partial charge in [0.25, 0.3) is 0 Å². The Balaban J connectivity index is 1.81. The number of sulfone groups is 1. The lowest BCUT2D eigenvalue weighted by molar-refractivity contribution is 0.248. The van der Waals surface area contributed by atoms with Crippen molar-refractivity contribution in [1.82, 2.24) is 14.5 Å². The van der Waals surface area contributed by atoms with Gasteiger partial charge in [-0.3, -0.25) is 4.90 Å². The molecule has 27 heavy (non-hydrogen) atoms. The molecule has 2 heterocycles. The lowest BCUT2D eigenvalue weighted by atomic mass is 9.87. The van der Waals surface area contributed by atoms with Gasteiger partial charge in [-0.05, 0) is 50.6 Å². The molecule has 5 nitrogen and oxygen atoms in total. The van der Waals surface area contributed by atoms with Gasteiger partial charge in [-0.2, -0.15) is 0 Å². The van der Waals surface area contributed by atoms with E-state index in [0.717, 1.165) is 37.8 Å². The van der Waals surface area contributed by atoms with Crippen LogP contribution >= 0.6 is 11.3 Å². The fourth-order valence-corrected chi connectivity index (χ4v) is 6.21. The van der Waals surface area contributed by atoms with Gasteiger partial charge in [-0.1, -0.05) is 25.8 Å². The summed E-state index contributed by atoms with van der Waals surface area (Å²) in [5, 5.41) is 2.37. The highest BCUT2D eigenvalue weighted by Crippen LogP contribution is 2.30. The zero-order valence-electron chi connectivity index (χ0n) is 16.6. The highest BCUT2D eigenvalue weighted by Gasteiger charge is 2.30. The smallest absolute Gasteiger partial charge is 0.227 e. The number of imidazole rings is 1. The zero-order valence-corrected chi connectivity index (χ0v) is 18.2. The monoisotopic (exact) mass is 409 g/mol. The molecular formula is C20H31N3O2S2. The molecule has 0 amide bonds. The van der Waals surface area contributed by atoms with Crippen molar-refractivity contribution in [2.45, 2.75) is 70.2 Å².